The van der Waals surface area contributed by atoms with Gasteiger partial charge in [0.1, 0.15) is 5.75 Å². The first kappa shape index (κ1) is 19.7. The second kappa shape index (κ2) is 8.13. The first-order valence-electron chi connectivity index (χ1n) is 10.4. The lowest BCUT2D eigenvalue weighted by Gasteiger charge is -2.14. The van der Waals surface area contributed by atoms with Crippen molar-refractivity contribution < 1.29 is 10.8 Å². The summed E-state index contributed by atoms with van der Waals surface area (Å²) in [6.07, 6.45) is 1.66. The number of aromatic hydroxyl groups is 1. The second-order valence-corrected chi connectivity index (χ2v) is 7.68. The molecule has 0 bridgehead atoms. The SMILES string of the molecule is [NH3+]Cc1ccc(-c2nc3c(-c4cccc(O)c4)c[nH]c(=O)c3cc2-c2ccccc2)cc1. The van der Waals surface area contributed by atoms with E-state index in [1.54, 1.807) is 24.4 Å². The van der Waals surface area contributed by atoms with Crippen LogP contribution in [-0.4, -0.2) is 15.1 Å². The first-order chi connectivity index (χ1) is 15.6. The molecule has 0 fully saturated rings. The van der Waals surface area contributed by atoms with Gasteiger partial charge in [-0.25, -0.2) is 4.98 Å². The molecule has 0 radical (unpaired) electrons. The molecule has 0 saturated heterocycles. The molecule has 0 aliphatic carbocycles. The van der Waals surface area contributed by atoms with Crippen LogP contribution in [0.15, 0.2) is 95.9 Å². The molecule has 5 rings (SSSR count). The maximum absolute atomic E-state index is 12.8. The molecule has 156 valence electrons. The zero-order chi connectivity index (χ0) is 22.1. The highest BCUT2D eigenvalue weighted by Gasteiger charge is 2.16. The summed E-state index contributed by atoms with van der Waals surface area (Å²) in [6.45, 7) is 0.716. The van der Waals surface area contributed by atoms with Crippen molar-refractivity contribution in [3.63, 3.8) is 0 Å². The summed E-state index contributed by atoms with van der Waals surface area (Å²) in [7, 11) is 0. The summed E-state index contributed by atoms with van der Waals surface area (Å²) in [5.74, 6) is 0.159. The van der Waals surface area contributed by atoms with Crippen molar-refractivity contribution in [3.05, 3.63) is 107 Å². The molecule has 0 aliphatic rings. The van der Waals surface area contributed by atoms with Crippen LogP contribution < -0.4 is 11.3 Å². The molecule has 2 heterocycles. The lowest BCUT2D eigenvalue weighted by atomic mass is 9.95. The zero-order valence-electron chi connectivity index (χ0n) is 17.4. The number of quaternary nitrogens is 1. The summed E-state index contributed by atoms with van der Waals surface area (Å²) in [4.78, 5) is 20.6. The van der Waals surface area contributed by atoms with E-state index in [1.807, 2.05) is 54.6 Å². The summed E-state index contributed by atoms with van der Waals surface area (Å²) in [6, 6.07) is 27.0. The Morgan fingerprint density at radius 1 is 0.812 bits per heavy atom. The molecule has 0 unspecified atom stereocenters. The highest BCUT2D eigenvalue weighted by atomic mass is 16.3. The van der Waals surface area contributed by atoms with E-state index in [9.17, 15) is 9.90 Å². The highest BCUT2D eigenvalue weighted by Crippen LogP contribution is 2.35. The summed E-state index contributed by atoms with van der Waals surface area (Å²) >= 11 is 0. The van der Waals surface area contributed by atoms with E-state index in [0.29, 0.717) is 17.4 Å². The quantitative estimate of drug-likeness (QED) is 0.403. The van der Waals surface area contributed by atoms with Gasteiger partial charge in [0, 0.05) is 28.5 Å². The number of aromatic amines is 1. The van der Waals surface area contributed by atoms with Gasteiger partial charge < -0.3 is 15.8 Å². The van der Waals surface area contributed by atoms with Crippen LogP contribution in [0.2, 0.25) is 0 Å². The predicted molar refractivity (Wildman–Crippen MR) is 127 cm³/mol. The fraction of sp³-hybridized carbons (Fsp3) is 0.0370. The van der Waals surface area contributed by atoms with E-state index in [2.05, 4.69) is 22.9 Å². The number of nitrogens with zero attached hydrogens (tertiary/aromatic N) is 1. The van der Waals surface area contributed by atoms with Gasteiger partial charge in [-0.3, -0.25) is 4.79 Å². The molecule has 32 heavy (non-hydrogen) atoms. The Hall–Kier alpha value is -4.22. The molecule has 5 aromatic rings. The van der Waals surface area contributed by atoms with Crippen LogP contribution in [-0.2, 0) is 6.54 Å². The van der Waals surface area contributed by atoms with Crippen LogP contribution in [0, 0.1) is 0 Å². The third-order valence-corrected chi connectivity index (χ3v) is 5.63. The van der Waals surface area contributed by atoms with E-state index in [0.717, 1.165) is 39.1 Å². The monoisotopic (exact) mass is 420 g/mol. The van der Waals surface area contributed by atoms with Crippen molar-refractivity contribution >= 4 is 10.9 Å². The number of hydrogen-bond acceptors (Lipinski definition) is 3. The minimum Gasteiger partial charge on any atom is -0.508 e. The van der Waals surface area contributed by atoms with Crippen molar-refractivity contribution in [2.45, 2.75) is 6.54 Å². The Kier molecular flexibility index (Phi) is 5.01. The maximum Gasteiger partial charge on any atom is 0.257 e. The van der Waals surface area contributed by atoms with Gasteiger partial charge in [0.2, 0.25) is 0 Å². The molecule has 0 saturated carbocycles. The van der Waals surface area contributed by atoms with Crippen molar-refractivity contribution in [1.82, 2.24) is 9.97 Å². The molecular weight excluding hydrogens is 398 g/mol. The van der Waals surface area contributed by atoms with Gasteiger partial charge >= 0.3 is 0 Å². The lowest BCUT2D eigenvalue weighted by molar-refractivity contribution is -0.386. The van der Waals surface area contributed by atoms with Crippen LogP contribution in [0.3, 0.4) is 0 Å². The maximum atomic E-state index is 12.8. The average Bonchev–Trinajstić information content (AvgIpc) is 2.84. The number of benzene rings is 3. The normalized spacial score (nSPS) is 11.0. The van der Waals surface area contributed by atoms with E-state index < -0.39 is 0 Å². The van der Waals surface area contributed by atoms with Gasteiger partial charge in [0.05, 0.1) is 23.1 Å². The van der Waals surface area contributed by atoms with E-state index in [1.165, 1.54) is 0 Å². The van der Waals surface area contributed by atoms with Gasteiger partial charge in [-0.1, -0.05) is 66.7 Å². The zero-order valence-corrected chi connectivity index (χ0v) is 17.4. The summed E-state index contributed by atoms with van der Waals surface area (Å²) in [5, 5.41) is 10.5. The van der Waals surface area contributed by atoms with E-state index in [4.69, 9.17) is 4.98 Å². The number of hydrogen-bond donors (Lipinski definition) is 3. The van der Waals surface area contributed by atoms with Crippen molar-refractivity contribution in [3.8, 4) is 39.3 Å². The molecule has 5 nitrogen and oxygen atoms in total. The molecule has 0 aliphatic heterocycles. The molecule has 2 aromatic heterocycles. The second-order valence-electron chi connectivity index (χ2n) is 7.68. The number of rotatable bonds is 4. The molecule has 0 amide bonds. The molecule has 3 aromatic carbocycles. The molecule has 0 spiro atoms. The van der Waals surface area contributed by atoms with Crippen molar-refractivity contribution in [2.75, 3.05) is 0 Å². The van der Waals surface area contributed by atoms with E-state index >= 15 is 0 Å². The van der Waals surface area contributed by atoms with Gasteiger partial charge in [0.15, 0.2) is 0 Å². The smallest absolute Gasteiger partial charge is 0.257 e. The standard InChI is InChI=1S/C27H21N3O2/c28-15-17-9-11-19(12-10-17)25-22(18-5-2-1-3-6-18)14-23-26(30-25)24(16-29-27(23)32)20-7-4-8-21(31)13-20/h1-14,16,31H,15,28H2,(H,29,32)/p+1. The number of fused-ring (bicyclic) bond motifs is 1. The van der Waals surface area contributed by atoms with Crippen molar-refractivity contribution in [1.29, 1.82) is 0 Å². The number of H-pyrrole nitrogens is 1. The molecule has 5 N–H and O–H groups in total. The Bertz CT molecular complexity index is 1470. The fourth-order valence-corrected chi connectivity index (χ4v) is 3.96. The number of nitrogens with one attached hydrogen (secondary N) is 1. The summed E-state index contributed by atoms with van der Waals surface area (Å²) in [5.41, 5.74) is 10.7. The fourth-order valence-electron chi connectivity index (χ4n) is 3.96. The minimum absolute atomic E-state index is 0.159. The largest absolute Gasteiger partial charge is 0.508 e. The van der Waals surface area contributed by atoms with Gasteiger partial charge in [-0.05, 0) is 29.3 Å². The van der Waals surface area contributed by atoms with Crippen LogP contribution in [0.25, 0.3) is 44.4 Å². The number of phenols is 1. The van der Waals surface area contributed by atoms with E-state index in [-0.39, 0.29) is 11.3 Å². The van der Waals surface area contributed by atoms with Crippen LogP contribution in [0.5, 0.6) is 5.75 Å². The molecule has 5 heteroatoms. The Morgan fingerprint density at radius 2 is 1.56 bits per heavy atom. The van der Waals surface area contributed by atoms with Crippen LogP contribution in [0.1, 0.15) is 5.56 Å². The number of pyridine rings is 2. The Labute approximate surface area is 184 Å². The summed E-state index contributed by atoms with van der Waals surface area (Å²) < 4.78 is 0. The number of aromatic nitrogens is 2. The van der Waals surface area contributed by atoms with Gasteiger partial charge in [-0.2, -0.15) is 0 Å². The average molecular weight is 420 g/mol. The third-order valence-electron chi connectivity index (χ3n) is 5.63. The molecule has 0 atom stereocenters. The predicted octanol–water partition coefficient (Wildman–Crippen LogP) is 4.37. The Morgan fingerprint density at radius 3 is 2.28 bits per heavy atom. The van der Waals surface area contributed by atoms with Crippen LogP contribution >= 0.6 is 0 Å². The van der Waals surface area contributed by atoms with Gasteiger partial charge in [-0.15, -0.1) is 0 Å². The lowest BCUT2D eigenvalue weighted by Crippen LogP contribution is -2.47. The Balaban J connectivity index is 1.84. The van der Waals surface area contributed by atoms with Crippen LogP contribution in [0.4, 0.5) is 0 Å². The third kappa shape index (κ3) is 3.55. The highest BCUT2D eigenvalue weighted by molar-refractivity contribution is 5.98. The molecular formula is C27H22N3O2+. The number of phenolic OH excluding ortho intramolecular Hbond substituents is 1. The van der Waals surface area contributed by atoms with Gasteiger partial charge in [0.25, 0.3) is 5.56 Å². The van der Waals surface area contributed by atoms with Crippen molar-refractivity contribution in [2.24, 2.45) is 0 Å². The topological polar surface area (TPSA) is 93.6 Å². The minimum atomic E-state index is -0.201. The first-order valence-corrected chi connectivity index (χ1v) is 10.4.